The summed E-state index contributed by atoms with van der Waals surface area (Å²) >= 11 is 5.89. The van der Waals surface area contributed by atoms with Gasteiger partial charge in [0.25, 0.3) is 0 Å². The van der Waals surface area contributed by atoms with E-state index in [1.165, 1.54) is 0 Å². The molecular weight excluding hydrogens is 287 g/mol. The Morgan fingerprint density at radius 1 is 1.43 bits per heavy atom. The summed E-state index contributed by atoms with van der Waals surface area (Å²) in [6, 6.07) is 6.24. The molecule has 2 atom stereocenters. The van der Waals surface area contributed by atoms with Crippen molar-refractivity contribution >= 4 is 11.6 Å². The summed E-state index contributed by atoms with van der Waals surface area (Å²) in [6.07, 6.45) is 2.23. The molecule has 0 saturated carbocycles. The molecule has 0 radical (unpaired) electrons. The highest BCUT2D eigenvalue weighted by Crippen LogP contribution is 2.22. The molecule has 1 aromatic carbocycles. The third-order valence-electron chi connectivity index (χ3n) is 4.25. The monoisotopic (exact) mass is 312 g/mol. The molecule has 118 valence electrons. The summed E-state index contributed by atoms with van der Waals surface area (Å²) in [5.74, 6) is 0.401. The Morgan fingerprint density at radius 3 is 2.86 bits per heavy atom. The van der Waals surface area contributed by atoms with Gasteiger partial charge in [-0.3, -0.25) is 4.90 Å². The molecule has 0 bridgehead atoms. The standard InChI is InChI=1S/C17H26ClFN2/c1-4-15-9-20-14(8-12(2)3)11-21(15)10-13-6-5-7-16(18)17(13)19/h5-7,12,14-15,20H,4,8-11H2,1-3H3. The van der Waals surface area contributed by atoms with Gasteiger partial charge < -0.3 is 5.32 Å². The second-order valence-corrected chi connectivity index (χ2v) is 6.85. The van der Waals surface area contributed by atoms with Gasteiger partial charge in [0.15, 0.2) is 0 Å². The fourth-order valence-corrected chi connectivity index (χ4v) is 3.34. The van der Waals surface area contributed by atoms with Crippen LogP contribution in [0.1, 0.15) is 39.2 Å². The first-order valence-corrected chi connectivity index (χ1v) is 8.29. The van der Waals surface area contributed by atoms with Gasteiger partial charge in [-0.2, -0.15) is 0 Å². The number of piperazine rings is 1. The molecule has 0 amide bonds. The maximum absolute atomic E-state index is 14.1. The molecule has 21 heavy (non-hydrogen) atoms. The van der Waals surface area contributed by atoms with Crippen LogP contribution in [0, 0.1) is 11.7 Å². The quantitative estimate of drug-likeness (QED) is 0.881. The predicted molar refractivity (Wildman–Crippen MR) is 87.1 cm³/mol. The Bertz CT molecular complexity index is 464. The molecule has 1 aliphatic heterocycles. The normalized spacial score (nSPS) is 23.7. The van der Waals surface area contributed by atoms with Crippen LogP contribution in [0.2, 0.25) is 5.02 Å². The Hall–Kier alpha value is -0.640. The average molecular weight is 313 g/mol. The van der Waals surface area contributed by atoms with E-state index in [0.717, 1.165) is 25.9 Å². The van der Waals surface area contributed by atoms with Gasteiger partial charge in [-0.05, 0) is 24.8 Å². The number of halogens is 2. The smallest absolute Gasteiger partial charge is 0.146 e. The van der Waals surface area contributed by atoms with E-state index in [4.69, 9.17) is 11.6 Å². The topological polar surface area (TPSA) is 15.3 Å². The zero-order valence-electron chi connectivity index (χ0n) is 13.2. The molecule has 1 heterocycles. The molecule has 1 aliphatic rings. The molecular formula is C17H26ClFN2. The van der Waals surface area contributed by atoms with Gasteiger partial charge in [0.1, 0.15) is 5.82 Å². The number of nitrogens with one attached hydrogen (secondary N) is 1. The van der Waals surface area contributed by atoms with Gasteiger partial charge in [-0.15, -0.1) is 0 Å². The van der Waals surface area contributed by atoms with Crippen LogP contribution in [0.15, 0.2) is 18.2 Å². The molecule has 4 heteroatoms. The molecule has 1 fully saturated rings. The lowest BCUT2D eigenvalue weighted by molar-refractivity contribution is 0.110. The van der Waals surface area contributed by atoms with Crippen molar-refractivity contribution in [2.75, 3.05) is 13.1 Å². The summed E-state index contributed by atoms with van der Waals surface area (Å²) in [4.78, 5) is 2.40. The van der Waals surface area contributed by atoms with Crippen molar-refractivity contribution in [1.29, 1.82) is 0 Å². The number of hydrogen-bond acceptors (Lipinski definition) is 2. The lowest BCUT2D eigenvalue weighted by atomic mass is 9.98. The lowest BCUT2D eigenvalue weighted by Crippen LogP contribution is -2.56. The van der Waals surface area contributed by atoms with E-state index < -0.39 is 0 Å². The highest BCUT2D eigenvalue weighted by molar-refractivity contribution is 6.30. The van der Waals surface area contributed by atoms with Crippen LogP contribution in [0.4, 0.5) is 4.39 Å². The van der Waals surface area contributed by atoms with Crippen LogP contribution in [0.5, 0.6) is 0 Å². The van der Waals surface area contributed by atoms with Crippen LogP contribution in [-0.2, 0) is 6.54 Å². The Balaban J connectivity index is 2.08. The molecule has 0 aromatic heterocycles. The zero-order valence-corrected chi connectivity index (χ0v) is 14.0. The third kappa shape index (κ3) is 4.41. The van der Waals surface area contributed by atoms with E-state index in [9.17, 15) is 4.39 Å². The average Bonchev–Trinajstić information content (AvgIpc) is 2.43. The van der Waals surface area contributed by atoms with Crippen molar-refractivity contribution in [1.82, 2.24) is 10.2 Å². The van der Waals surface area contributed by atoms with Gasteiger partial charge in [0, 0.05) is 37.3 Å². The van der Waals surface area contributed by atoms with Crippen molar-refractivity contribution in [2.45, 2.75) is 52.2 Å². The predicted octanol–water partition coefficient (Wildman–Crippen LogP) is 4.08. The van der Waals surface area contributed by atoms with Crippen LogP contribution < -0.4 is 5.32 Å². The minimum Gasteiger partial charge on any atom is -0.311 e. The summed E-state index contributed by atoms with van der Waals surface area (Å²) in [5.41, 5.74) is 0.700. The van der Waals surface area contributed by atoms with Gasteiger partial charge in [-0.25, -0.2) is 4.39 Å². The zero-order chi connectivity index (χ0) is 15.4. The van der Waals surface area contributed by atoms with Crippen molar-refractivity contribution in [3.63, 3.8) is 0 Å². The van der Waals surface area contributed by atoms with E-state index in [0.29, 0.717) is 30.1 Å². The summed E-state index contributed by atoms with van der Waals surface area (Å²) in [6.45, 7) is 9.28. The summed E-state index contributed by atoms with van der Waals surface area (Å²) in [5, 5.41) is 3.85. The van der Waals surface area contributed by atoms with Crippen molar-refractivity contribution in [3.05, 3.63) is 34.6 Å². The number of benzene rings is 1. The van der Waals surface area contributed by atoms with E-state index in [2.05, 4.69) is 31.0 Å². The Labute approximate surface area is 132 Å². The molecule has 1 saturated heterocycles. The first kappa shape index (κ1) is 16.7. The molecule has 2 unspecified atom stereocenters. The molecule has 0 spiro atoms. The SMILES string of the molecule is CCC1CNC(CC(C)C)CN1Cc1cccc(Cl)c1F. The van der Waals surface area contributed by atoms with E-state index >= 15 is 0 Å². The van der Waals surface area contributed by atoms with Crippen molar-refractivity contribution < 1.29 is 4.39 Å². The fraction of sp³-hybridized carbons (Fsp3) is 0.647. The van der Waals surface area contributed by atoms with Crippen LogP contribution in [0.3, 0.4) is 0 Å². The highest BCUT2D eigenvalue weighted by atomic mass is 35.5. The van der Waals surface area contributed by atoms with Gasteiger partial charge in [0.05, 0.1) is 5.02 Å². The van der Waals surface area contributed by atoms with E-state index in [1.807, 2.05) is 12.1 Å². The molecule has 2 rings (SSSR count). The molecule has 1 N–H and O–H groups in total. The minimum absolute atomic E-state index is 0.217. The van der Waals surface area contributed by atoms with Crippen molar-refractivity contribution in [3.8, 4) is 0 Å². The van der Waals surface area contributed by atoms with Gasteiger partial charge in [0.2, 0.25) is 0 Å². The molecule has 1 aromatic rings. The van der Waals surface area contributed by atoms with Crippen LogP contribution >= 0.6 is 11.6 Å². The summed E-state index contributed by atoms with van der Waals surface area (Å²) < 4.78 is 14.1. The number of hydrogen-bond donors (Lipinski definition) is 1. The van der Waals surface area contributed by atoms with Crippen molar-refractivity contribution in [2.24, 2.45) is 5.92 Å². The Kier molecular flexibility index (Phi) is 6.03. The molecule has 0 aliphatic carbocycles. The lowest BCUT2D eigenvalue weighted by Gasteiger charge is -2.40. The second kappa shape index (κ2) is 7.57. The van der Waals surface area contributed by atoms with Gasteiger partial charge in [-0.1, -0.05) is 44.5 Å². The van der Waals surface area contributed by atoms with Crippen LogP contribution in [-0.4, -0.2) is 30.1 Å². The number of nitrogens with zero attached hydrogens (tertiary/aromatic N) is 1. The van der Waals surface area contributed by atoms with Crippen LogP contribution in [0.25, 0.3) is 0 Å². The Morgan fingerprint density at radius 2 is 2.19 bits per heavy atom. The maximum atomic E-state index is 14.1. The first-order valence-electron chi connectivity index (χ1n) is 7.91. The largest absolute Gasteiger partial charge is 0.311 e. The van der Waals surface area contributed by atoms with E-state index in [1.54, 1.807) is 6.07 Å². The summed E-state index contributed by atoms with van der Waals surface area (Å²) in [7, 11) is 0. The maximum Gasteiger partial charge on any atom is 0.146 e. The number of rotatable bonds is 5. The second-order valence-electron chi connectivity index (χ2n) is 6.44. The first-order chi connectivity index (χ1) is 10.0. The third-order valence-corrected chi connectivity index (χ3v) is 4.54. The highest BCUT2D eigenvalue weighted by Gasteiger charge is 2.27. The minimum atomic E-state index is -0.270. The fourth-order valence-electron chi connectivity index (χ4n) is 3.14. The van der Waals surface area contributed by atoms with E-state index in [-0.39, 0.29) is 10.8 Å². The molecule has 2 nitrogen and oxygen atoms in total. The van der Waals surface area contributed by atoms with Gasteiger partial charge >= 0.3 is 0 Å².